The number of carbonyl (C=O) groups excluding carboxylic acids is 2. The number of carbonyl (C=O) groups is 2. The Morgan fingerprint density at radius 2 is 1.96 bits per heavy atom. The molecule has 0 saturated heterocycles. The van der Waals surface area contributed by atoms with Crippen molar-refractivity contribution in [3.8, 4) is 0 Å². The minimum Gasteiger partial charge on any atom is -0.462 e. The second-order valence-corrected chi connectivity index (χ2v) is 9.69. The van der Waals surface area contributed by atoms with Crippen molar-refractivity contribution in [1.82, 2.24) is 0 Å². The third-order valence-electron chi connectivity index (χ3n) is 8.07. The zero-order chi connectivity index (χ0) is 18.2. The summed E-state index contributed by atoms with van der Waals surface area (Å²) in [7, 11) is 0. The van der Waals surface area contributed by atoms with Crippen LogP contribution in [0.3, 0.4) is 0 Å². The molecule has 0 unspecified atom stereocenters. The molecule has 3 nitrogen and oxygen atoms in total. The minimum absolute atomic E-state index is 0.121. The second-order valence-electron chi connectivity index (χ2n) is 9.69. The molecule has 5 atom stereocenters. The number of fused-ring (bicyclic) bond motifs is 3. The monoisotopic (exact) mass is 342 g/mol. The standard InChI is InChI=1S/C22H30O3/c1-13-15-6-7-17-21(5)16(8-11-22(17,12-15)19(13)24)20(3,4)10-9-18(21)25-14(2)23/h7,15-16,18H,1,6,8-12H2,2-5H3/t15-,16-,18+,21-,22-/m1/s1. The SMILES string of the molecule is C=C1C(=O)[C@@]23CC[C@@H]4C(C)(C)CC[C@H](OC(C)=O)[C@@]4(C)C2=CC[C@@H]1C3. The fraction of sp³-hybridized carbons (Fsp3) is 0.727. The van der Waals surface area contributed by atoms with Gasteiger partial charge in [-0.3, -0.25) is 9.59 Å². The van der Waals surface area contributed by atoms with Gasteiger partial charge in [0.2, 0.25) is 0 Å². The molecule has 0 aliphatic heterocycles. The van der Waals surface area contributed by atoms with E-state index < -0.39 is 0 Å². The van der Waals surface area contributed by atoms with E-state index in [-0.39, 0.29) is 34.1 Å². The van der Waals surface area contributed by atoms with Crippen LogP contribution in [0, 0.1) is 28.1 Å². The van der Waals surface area contributed by atoms with E-state index in [2.05, 4.69) is 33.4 Å². The summed E-state index contributed by atoms with van der Waals surface area (Å²) >= 11 is 0. The van der Waals surface area contributed by atoms with Gasteiger partial charge in [0.25, 0.3) is 0 Å². The molecule has 3 saturated carbocycles. The van der Waals surface area contributed by atoms with Crippen molar-refractivity contribution in [3.05, 3.63) is 23.8 Å². The van der Waals surface area contributed by atoms with Gasteiger partial charge >= 0.3 is 5.97 Å². The van der Waals surface area contributed by atoms with Crippen LogP contribution in [-0.4, -0.2) is 17.9 Å². The number of ether oxygens (including phenoxy) is 1. The van der Waals surface area contributed by atoms with E-state index in [0.29, 0.717) is 11.8 Å². The molecular weight excluding hydrogens is 312 g/mol. The molecule has 2 bridgehead atoms. The molecular formula is C22H30O3. The fourth-order valence-electron chi connectivity index (χ4n) is 6.97. The highest BCUT2D eigenvalue weighted by Crippen LogP contribution is 2.69. The average Bonchev–Trinajstić information content (AvgIpc) is 2.71. The van der Waals surface area contributed by atoms with Gasteiger partial charge in [0.05, 0.1) is 5.41 Å². The highest BCUT2D eigenvalue weighted by atomic mass is 16.5. The molecule has 1 spiro atoms. The van der Waals surface area contributed by atoms with Crippen LogP contribution in [0.4, 0.5) is 0 Å². The first-order valence-corrected chi connectivity index (χ1v) is 9.75. The summed E-state index contributed by atoms with van der Waals surface area (Å²) in [6, 6.07) is 0. The lowest BCUT2D eigenvalue weighted by atomic mass is 9.43. The van der Waals surface area contributed by atoms with Crippen LogP contribution in [0.15, 0.2) is 23.8 Å². The second kappa shape index (κ2) is 5.08. The zero-order valence-corrected chi connectivity index (χ0v) is 16.0. The van der Waals surface area contributed by atoms with E-state index >= 15 is 0 Å². The van der Waals surface area contributed by atoms with Crippen LogP contribution >= 0.6 is 0 Å². The van der Waals surface area contributed by atoms with Crippen LogP contribution in [0.25, 0.3) is 0 Å². The van der Waals surface area contributed by atoms with Crippen molar-refractivity contribution in [3.63, 3.8) is 0 Å². The summed E-state index contributed by atoms with van der Waals surface area (Å²) in [6.45, 7) is 12.6. The molecule has 0 aromatic carbocycles. The predicted molar refractivity (Wildman–Crippen MR) is 96.8 cm³/mol. The Morgan fingerprint density at radius 1 is 1.24 bits per heavy atom. The van der Waals surface area contributed by atoms with Gasteiger partial charge in [0.1, 0.15) is 6.10 Å². The smallest absolute Gasteiger partial charge is 0.302 e. The summed E-state index contributed by atoms with van der Waals surface area (Å²) in [5.74, 6) is 0.819. The normalized spacial score (nSPS) is 44.6. The molecule has 0 amide bonds. The van der Waals surface area contributed by atoms with Gasteiger partial charge in [0, 0.05) is 12.3 Å². The number of hydrogen-bond donors (Lipinski definition) is 0. The van der Waals surface area contributed by atoms with Gasteiger partial charge in [-0.1, -0.05) is 39.0 Å². The predicted octanol–water partition coefficient (Wildman–Crippen LogP) is 4.62. The van der Waals surface area contributed by atoms with Crippen LogP contribution in [-0.2, 0) is 14.3 Å². The first-order chi connectivity index (χ1) is 11.6. The lowest BCUT2D eigenvalue weighted by Gasteiger charge is -2.61. The van der Waals surface area contributed by atoms with Gasteiger partial charge in [-0.05, 0) is 61.3 Å². The van der Waals surface area contributed by atoms with Gasteiger partial charge in [-0.15, -0.1) is 0 Å². The first-order valence-electron chi connectivity index (χ1n) is 9.75. The Balaban J connectivity index is 1.86. The van der Waals surface area contributed by atoms with Gasteiger partial charge in [0.15, 0.2) is 5.78 Å². The zero-order valence-electron chi connectivity index (χ0n) is 16.0. The lowest BCUT2D eigenvalue weighted by Crippen LogP contribution is -2.59. The van der Waals surface area contributed by atoms with E-state index in [1.54, 1.807) is 0 Å². The maximum Gasteiger partial charge on any atom is 0.302 e. The number of Topliss-reactive ketones (excluding diaryl/α,β-unsaturated/α-hetero) is 1. The van der Waals surface area contributed by atoms with Crippen molar-refractivity contribution in [2.24, 2.45) is 28.1 Å². The third kappa shape index (κ3) is 2.04. The number of hydrogen-bond acceptors (Lipinski definition) is 3. The Labute approximate surface area is 150 Å². The molecule has 4 aliphatic rings. The topological polar surface area (TPSA) is 43.4 Å². The highest BCUT2D eigenvalue weighted by molar-refractivity contribution is 6.05. The van der Waals surface area contributed by atoms with Crippen molar-refractivity contribution in [2.45, 2.75) is 72.3 Å². The minimum atomic E-state index is -0.364. The molecule has 136 valence electrons. The molecule has 4 aliphatic carbocycles. The van der Waals surface area contributed by atoms with Crippen molar-refractivity contribution < 1.29 is 14.3 Å². The van der Waals surface area contributed by atoms with Crippen LogP contribution < -0.4 is 0 Å². The first kappa shape index (κ1) is 17.1. The van der Waals surface area contributed by atoms with Gasteiger partial charge < -0.3 is 4.74 Å². The molecule has 0 heterocycles. The summed E-state index contributed by atoms with van der Waals surface area (Å²) in [4.78, 5) is 25.0. The third-order valence-corrected chi connectivity index (χ3v) is 8.07. The summed E-state index contributed by atoms with van der Waals surface area (Å²) in [5.41, 5.74) is 1.69. The van der Waals surface area contributed by atoms with Gasteiger partial charge in [-0.2, -0.15) is 0 Å². The average molecular weight is 342 g/mol. The Hall–Kier alpha value is -1.38. The van der Waals surface area contributed by atoms with Crippen molar-refractivity contribution >= 4 is 11.8 Å². The fourth-order valence-corrected chi connectivity index (χ4v) is 6.97. The van der Waals surface area contributed by atoms with Crippen LogP contribution in [0.2, 0.25) is 0 Å². The number of ketones is 1. The summed E-state index contributed by atoms with van der Waals surface area (Å²) < 4.78 is 5.86. The van der Waals surface area contributed by atoms with E-state index in [0.717, 1.165) is 44.1 Å². The van der Waals surface area contributed by atoms with E-state index in [1.165, 1.54) is 12.5 Å². The number of rotatable bonds is 1. The Morgan fingerprint density at radius 3 is 2.64 bits per heavy atom. The maximum atomic E-state index is 13.2. The number of allylic oxidation sites excluding steroid dienone is 2. The molecule has 0 radical (unpaired) electrons. The summed E-state index contributed by atoms with van der Waals surface area (Å²) in [5, 5.41) is 0. The molecule has 3 fully saturated rings. The lowest BCUT2D eigenvalue weighted by molar-refractivity contribution is -0.171. The van der Waals surface area contributed by atoms with Gasteiger partial charge in [-0.25, -0.2) is 0 Å². The van der Waals surface area contributed by atoms with E-state index in [1.807, 2.05) is 0 Å². The molecule has 25 heavy (non-hydrogen) atoms. The van der Waals surface area contributed by atoms with Crippen molar-refractivity contribution in [1.29, 1.82) is 0 Å². The summed E-state index contributed by atoms with van der Waals surface area (Å²) in [6.07, 6.45) is 7.95. The Kier molecular flexibility index (Phi) is 3.47. The molecule has 0 aromatic rings. The molecule has 4 rings (SSSR count). The molecule has 0 N–H and O–H groups in total. The van der Waals surface area contributed by atoms with E-state index in [9.17, 15) is 9.59 Å². The maximum absolute atomic E-state index is 13.2. The van der Waals surface area contributed by atoms with Crippen LogP contribution in [0.5, 0.6) is 0 Å². The quantitative estimate of drug-likeness (QED) is 0.397. The highest BCUT2D eigenvalue weighted by Gasteiger charge is 2.66. The number of esters is 1. The Bertz CT molecular complexity index is 700. The van der Waals surface area contributed by atoms with E-state index in [4.69, 9.17) is 4.74 Å². The largest absolute Gasteiger partial charge is 0.462 e. The molecule has 0 aromatic heterocycles. The van der Waals surface area contributed by atoms with Crippen molar-refractivity contribution in [2.75, 3.05) is 0 Å². The molecule has 3 heteroatoms. The van der Waals surface area contributed by atoms with Crippen LogP contribution in [0.1, 0.15) is 66.2 Å².